The molecule has 1 saturated carbocycles. The highest BCUT2D eigenvalue weighted by molar-refractivity contribution is 6.21. The summed E-state index contributed by atoms with van der Waals surface area (Å²) in [6.45, 7) is 0. The molecule has 3 rings (SSSR count). The van der Waals surface area contributed by atoms with Crippen LogP contribution in [0.15, 0.2) is 30.5 Å². The van der Waals surface area contributed by atoms with Crippen LogP contribution in [0.5, 0.6) is 5.75 Å². The van der Waals surface area contributed by atoms with E-state index in [1.165, 1.54) is 6.07 Å². The number of hydrogen-bond acceptors (Lipinski definition) is 4. The van der Waals surface area contributed by atoms with Gasteiger partial charge in [0.15, 0.2) is 0 Å². The Balaban J connectivity index is 2.01. The summed E-state index contributed by atoms with van der Waals surface area (Å²) in [5, 5.41) is 11.6. The van der Waals surface area contributed by atoms with Crippen LogP contribution in [-0.4, -0.2) is 21.4 Å². The van der Waals surface area contributed by atoms with E-state index in [2.05, 4.69) is 4.98 Å². The third kappa shape index (κ3) is 2.21. The predicted molar refractivity (Wildman–Crippen MR) is 71.7 cm³/mol. The lowest BCUT2D eigenvalue weighted by Gasteiger charge is -2.31. The number of nitrogens with zero attached hydrogens (tertiary/aromatic N) is 2. The van der Waals surface area contributed by atoms with E-state index >= 15 is 0 Å². The summed E-state index contributed by atoms with van der Waals surface area (Å²) in [5.74, 6) is 0.578. The summed E-state index contributed by atoms with van der Waals surface area (Å²) in [6, 6.07) is 6.42. The minimum absolute atomic E-state index is 0.0410. The van der Waals surface area contributed by atoms with Gasteiger partial charge in [-0.15, -0.1) is 11.6 Å². The molecular weight excluding hydrogens is 268 g/mol. The Morgan fingerprint density at radius 2 is 2.16 bits per heavy atom. The first kappa shape index (κ1) is 12.2. The van der Waals surface area contributed by atoms with Crippen molar-refractivity contribution < 1.29 is 9.66 Å². The Kier molecular flexibility index (Phi) is 2.98. The molecule has 0 spiro atoms. The fourth-order valence-corrected chi connectivity index (χ4v) is 2.56. The number of halogens is 1. The van der Waals surface area contributed by atoms with Gasteiger partial charge < -0.3 is 4.74 Å². The molecule has 0 N–H and O–H groups in total. The van der Waals surface area contributed by atoms with E-state index in [0.29, 0.717) is 16.7 Å². The van der Waals surface area contributed by atoms with Crippen molar-refractivity contribution in [2.45, 2.75) is 24.3 Å². The number of hydrogen-bond donors (Lipinski definition) is 0. The van der Waals surface area contributed by atoms with E-state index in [1.54, 1.807) is 24.4 Å². The van der Waals surface area contributed by atoms with Crippen molar-refractivity contribution in [1.82, 2.24) is 4.98 Å². The van der Waals surface area contributed by atoms with Gasteiger partial charge in [0.1, 0.15) is 17.4 Å². The van der Waals surface area contributed by atoms with Crippen LogP contribution in [-0.2, 0) is 0 Å². The van der Waals surface area contributed by atoms with E-state index in [1.807, 2.05) is 0 Å². The van der Waals surface area contributed by atoms with Gasteiger partial charge in [-0.1, -0.05) is 0 Å². The molecule has 5 nitrogen and oxygen atoms in total. The fraction of sp³-hybridized carbons (Fsp3) is 0.308. The van der Waals surface area contributed by atoms with Crippen molar-refractivity contribution in [1.29, 1.82) is 0 Å². The van der Waals surface area contributed by atoms with Crippen molar-refractivity contribution in [3.63, 3.8) is 0 Å². The number of alkyl halides is 1. The maximum Gasteiger partial charge on any atom is 0.279 e. The summed E-state index contributed by atoms with van der Waals surface area (Å²) in [5.41, 5.74) is 0.564. The highest BCUT2D eigenvalue weighted by atomic mass is 35.5. The first-order valence-electron chi connectivity index (χ1n) is 5.98. The molecule has 1 aromatic carbocycles. The van der Waals surface area contributed by atoms with Crippen LogP contribution in [0.3, 0.4) is 0 Å². The zero-order chi connectivity index (χ0) is 13.4. The maximum absolute atomic E-state index is 11.0. The van der Waals surface area contributed by atoms with Crippen molar-refractivity contribution in [2.24, 2.45) is 0 Å². The van der Waals surface area contributed by atoms with Gasteiger partial charge in [-0.2, -0.15) is 0 Å². The molecule has 1 aliphatic carbocycles. The largest absolute Gasteiger partial charge is 0.488 e. The fourth-order valence-electron chi connectivity index (χ4n) is 2.16. The molecule has 0 amide bonds. The zero-order valence-corrected chi connectivity index (χ0v) is 10.7. The molecule has 98 valence electrons. The van der Waals surface area contributed by atoms with Crippen LogP contribution in [0.2, 0.25) is 0 Å². The van der Waals surface area contributed by atoms with Gasteiger partial charge in [0.25, 0.3) is 5.69 Å². The highest BCUT2D eigenvalue weighted by Gasteiger charge is 2.30. The Labute approximate surface area is 114 Å². The Hall–Kier alpha value is -1.88. The third-order valence-corrected chi connectivity index (χ3v) is 3.59. The van der Waals surface area contributed by atoms with Crippen molar-refractivity contribution in [3.05, 3.63) is 40.6 Å². The lowest BCUT2D eigenvalue weighted by Crippen LogP contribution is -2.34. The third-order valence-electron chi connectivity index (χ3n) is 3.24. The Morgan fingerprint density at radius 3 is 2.84 bits per heavy atom. The summed E-state index contributed by atoms with van der Waals surface area (Å²) < 4.78 is 5.80. The molecule has 0 saturated heterocycles. The van der Waals surface area contributed by atoms with Crippen LogP contribution in [0.25, 0.3) is 10.9 Å². The second-order valence-electron chi connectivity index (χ2n) is 4.55. The van der Waals surface area contributed by atoms with Gasteiger partial charge >= 0.3 is 0 Å². The number of pyridine rings is 1. The van der Waals surface area contributed by atoms with Gasteiger partial charge in [-0.05, 0) is 18.2 Å². The van der Waals surface area contributed by atoms with Gasteiger partial charge in [0.2, 0.25) is 0 Å². The number of nitro benzene ring substituents is 1. The first-order chi connectivity index (χ1) is 9.15. The molecular formula is C13H11ClN2O3. The number of ether oxygens (including phenoxy) is 1. The molecule has 2 aromatic rings. The smallest absolute Gasteiger partial charge is 0.279 e. The van der Waals surface area contributed by atoms with Gasteiger partial charge in [0.05, 0.1) is 10.3 Å². The number of non-ortho nitro benzene ring substituents is 1. The predicted octanol–water partition coefficient (Wildman–Crippen LogP) is 3.29. The second kappa shape index (κ2) is 4.66. The van der Waals surface area contributed by atoms with E-state index in [4.69, 9.17) is 16.3 Å². The molecule has 1 aliphatic rings. The highest BCUT2D eigenvalue weighted by Crippen LogP contribution is 2.35. The molecule has 0 unspecified atom stereocenters. The zero-order valence-electron chi connectivity index (χ0n) is 9.95. The van der Waals surface area contributed by atoms with E-state index in [9.17, 15) is 10.1 Å². The minimum atomic E-state index is -0.411. The number of rotatable bonds is 3. The van der Waals surface area contributed by atoms with Gasteiger partial charge in [-0.25, -0.2) is 0 Å². The summed E-state index contributed by atoms with van der Waals surface area (Å²) in [6.07, 6.45) is 3.28. The van der Waals surface area contributed by atoms with E-state index in [-0.39, 0.29) is 17.2 Å². The van der Waals surface area contributed by atoms with Crippen molar-refractivity contribution in [2.75, 3.05) is 0 Å². The molecule has 0 radical (unpaired) electrons. The minimum Gasteiger partial charge on any atom is -0.488 e. The van der Waals surface area contributed by atoms with Crippen LogP contribution >= 0.6 is 11.6 Å². The SMILES string of the molecule is O=[N+]([O-])c1ccc(OC2CC(Cl)C2)c2ncccc12. The second-order valence-corrected chi connectivity index (χ2v) is 5.17. The normalized spacial score (nSPS) is 21.9. The summed E-state index contributed by atoms with van der Waals surface area (Å²) in [4.78, 5) is 14.8. The number of aromatic nitrogens is 1. The number of fused-ring (bicyclic) bond motifs is 1. The summed E-state index contributed by atoms with van der Waals surface area (Å²) >= 11 is 5.91. The van der Waals surface area contributed by atoms with Crippen LogP contribution in [0.1, 0.15) is 12.8 Å². The van der Waals surface area contributed by atoms with Crippen molar-refractivity contribution >= 4 is 28.2 Å². The van der Waals surface area contributed by atoms with Crippen molar-refractivity contribution in [3.8, 4) is 5.75 Å². The molecule has 1 heterocycles. The maximum atomic E-state index is 11.0. The quantitative estimate of drug-likeness (QED) is 0.491. The number of nitro groups is 1. The van der Waals surface area contributed by atoms with E-state index < -0.39 is 4.92 Å². The lowest BCUT2D eigenvalue weighted by atomic mass is 9.95. The average molecular weight is 279 g/mol. The molecule has 6 heteroatoms. The van der Waals surface area contributed by atoms with Crippen LogP contribution in [0.4, 0.5) is 5.69 Å². The Bertz CT molecular complexity index is 641. The molecule has 0 atom stereocenters. The topological polar surface area (TPSA) is 65.3 Å². The molecule has 1 fully saturated rings. The molecule has 19 heavy (non-hydrogen) atoms. The first-order valence-corrected chi connectivity index (χ1v) is 6.41. The van der Waals surface area contributed by atoms with Crippen LogP contribution in [0, 0.1) is 10.1 Å². The monoisotopic (exact) mass is 278 g/mol. The molecule has 0 aliphatic heterocycles. The molecule has 0 bridgehead atoms. The number of benzene rings is 1. The Morgan fingerprint density at radius 1 is 1.37 bits per heavy atom. The lowest BCUT2D eigenvalue weighted by molar-refractivity contribution is -0.383. The standard InChI is InChI=1S/C13H11ClN2O3/c14-8-6-9(7-8)19-12-4-3-11(16(17)18)10-2-1-5-15-13(10)12/h1-5,8-9H,6-7H2. The summed E-state index contributed by atoms with van der Waals surface area (Å²) in [7, 11) is 0. The van der Waals surface area contributed by atoms with Crippen LogP contribution < -0.4 is 4.74 Å². The average Bonchev–Trinajstić information content (AvgIpc) is 2.36. The van der Waals surface area contributed by atoms with Gasteiger partial charge in [-0.3, -0.25) is 15.1 Å². The van der Waals surface area contributed by atoms with Gasteiger partial charge in [0, 0.05) is 30.5 Å². The molecule has 1 aromatic heterocycles. The van der Waals surface area contributed by atoms with E-state index in [0.717, 1.165) is 12.8 Å².